The van der Waals surface area contributed by atoms with Gasteiger partial charge in [-0.3, -0.25) is 5.41 Å². The average Bonchev–Trinajstić information content (AvgIpc) is 3.73. The first-order valence-electron chi connectivity index (χ1n) is 11.6. The Balaban J connectivity index is 1.23. The predicted octanol–water partition coefficient (Wildman–Crippen LogP) is 6.55. The summed E-state index contributed by atoms with van der Waals surface area (Å²) >= 11 is 0. The summed E-state index contributed by atoms with van der Waals surface area (Å²) in [6.07, 6.45) is 3.19. The van der Waals surface area contributed by atoms with Gasteiger partial charge in [-0.05, 0) is 36.4 Å². The van der Waals surface area contributed by atoms with Crippen molar-refractivity contribution in [2.24, 2.45) is 0 Å². The van der Waals surface area contributed by atoms with Crippen molar-refractivity contribution in [3.05, 3.63) is 96.7 Å². The lowest BCUT2D eigenvalue weighted by atomic mass is 10.1. The normalized spacial score (nSPS) is 12.8. The Morgan fingerprint density at radius 1 is 0.730 bits per heavy atom. The number of aromatic amines is 1. The van der Waals surface area contributed by atoms with Gasteiger partial charge in [-0.2, -0.15) is 0 Å². The summed E-state index contributed by atoms with van der Waals surface area (Å²) in [6.45, 7) is 0. The molecule has 0 radical (unpaired) electrons. The maximum Gasteiger partial charge on any atom is 0.743 e. The molecule has 178 valence electrons. The third kappa shape index (κ3) is 3.02. The van der Waals surface area contributed by atoms with Crippen LogP contribution in [-0.4, -0.2) is 22.4 Å². The molecule has 6 aromatic heterocycles. The van der Waals surface area contributed by atoms with Gasteiger partial charge in [0, 0.05) is 24.3 Å². The Hall–Kier alpha value is -5.25. The molecule has 0 spiro atoms. The highest BCUT2D eigenvalue weighted by atomic mass is 16.6. The number of nitrogens with zero attached hydrogens (tertiary/aromatic N) is 1. The van der Waals surface area contributed by atoms with Crippen molar-refractivity contribution in [2.45, 2.75) is 0 Å². The van der Waals surface area contributed by atoms with Crippen LogP contribution >= 0.6 is 0 Å². The number of hydrogen-bond donors (Lipinski definition) is 2. The summed E-state index contributed by atoms with van der Waals surface area (Å²) < 4.78 is 37.0. The number of H-pyrrole nitrogens is 1. The lowest BCUT2D eigenvalue weighted by Crippen LogP contribution is -2.36. The van der Waals surface area contributed by atoms with Crippen LogP contribution in [0.5, 0.6) is 11.5 Å². The third-order valence-electron chi connectivity index (χ3n) is 6.40. The molecule has 2 N–H and O–H groups in total. The fourth-order valence-corrected chi connectivity index (χ4v) is 4.70. The van der Waals surface area contributed by atoms with Crippen LogP contribution in [-0.2, 0) is 0 Å². The number of benzene rings is 1. The van der Waals surface area contributed by atoms with E-state index in [0.717, 1.165) is 5.52 Å². The van der Waals surface area contributed by atoms with E-state index in [-0.39, 0.29) is 5.71 Å². The summed E-state index contributed by atoms with van der Waals surface area (Å²) in [5, 5.41) is 9.08. The van der Waals surface area contributed by atoms with E-state index in [2.05, 4.69) is 4.98 Å². The lowest BCUT2D eigenvalue weighted by Gasteiger charge is -2.12. The Morgan fingerprint density at radius 3 is 2.05 bits per heavy atom. The third-order valence-corrected chi connectivity index (χ3v) is 6.40. The Bertz CT molecular complexity index is 1860. The average molecular weight is 489 g/mol. The molecule has 0 amide bonds. The van der Waals surface area contributed by atoms with Crippen molar-refractivity contribution < 1.29 is 27.0 Å². The van der Waals surface area contributed by atoms with Crippen LogP contribution in [0.15, 0.2) is 103 Å². The second-order valence-electron chi connectivity index (χ2n) is 8.65. The number of aromatic nitrogens is 2. The monoisotopic (exact) mass is 489 g/mol. The van der Waals surface area contributed by atoms with Crippen LogP contribution in [0.4, 0.5) is 0 Å². The van der Waals surface area contributed by atoms with E-state index in [9.17, 15) is 0 Å². The minimum atomic E-state index is -0.823. The smallest absolute Gasteiger partial charge is 0.503 e. The largest absolute Gasteiger partial charge is 0.743 e. The molecule has 10 heteroatoms. The fourth-order valence-electron chi connectivity index (χ4n) is 4.70. The van der Waals surface area contributed by atoms with Gasteiger partial charge in [0.2, 0.25) is 0 Å². The molecular formula is C27H16BN3O6. The zero-order valence-corrected chi connectivity index (χ0v) is 19.1. The van der Waals surface area contributed by atoms with Gasteiger partial charge in [-0.1, -0.05) is 12.1 Å². The van der Waals surface area contributed by atoms with E-state index in [1.165, 1.54) is 0 Å². The van der Waals surface area contributed by atoms with Gasteiger partial charge in [0.1, 0.15) is 17.2 Å². The highest BCUT2D eigenvalue weighted by Crippen LogP contribution is 2.37. The van der Waals surface area contributed by atoms with Crippen LogP contribution < -0.4 is 9.31 Å². The molecular weight excluding hydrogens is 473 g/mol. The number of hydrogen-bond acceptors (Lipinski definition) is 7. The second kappa shape index (κ2) is 7.38. The minimum Gasteiger partial charge on any atom is -0.503 e. The Kier molecular flexibility index (Phi) is 3.99. The quantitative estimate of drug-likeness (QED) is 0.209. The summed E-state index contributed by atoms with van der Waals surface area (Å²) in [6, 6.07) is 22.0. The van der Waals surface area contributed by atoms with Gasteiger partial charge in [0.15, 0.2) is 34.2 Å². The first kappa shape index (κ1) is 20.0. The molecule has 0 fully saturated rings. The summed E-state index contributed by atoms with van der Waals surface area (Å²) in [5.41, 5.74) is 4.00. The number of nitrogens with one attached hydrogen (secondary N) is 2. The van der Waals surface area contributed by atoms with Crippen molar-refractivity contribution in [1.82, 2.24) is 9.46 Å². The predicted molar refractivity (Wildman–Crippen MR) is 135 cm³/mol. The summed E-state index contributed by atoms with van der Waals surface area (Å²) in [4.78, 5) is 3.28. The van der Waals surface area contributed by atoms with Crippen LogP contribution in [0.3, 0.4) is 0 Å². The molecule has 0 atom stereocenters. The van der Waals surface area contributed by atoms with Gasteiger partial charge >= 0.3 is 7.25 Å². The SMILES string of the molecule is N=C(c1cc2oc(-c3ccco3)cc2[nH]1)c1cc2oc(-c3ccco3)cc2n1B1Oc2ccccc2O1. The summed E-state index contributed by atoms with van der Waals surface area (Å²) in [5.74, 6) is 3.68. The van der Waals surface area contributed by atoms with Crippen LogP contribution in [0, 0.1) is 5.41 Å². The maximum absolute atomic E-state index is 9.08. The van der Waals surface area contributed by atoms with Crippen molar-refractivity contribution in [3.8, 4) is 34.5 Å². The molecule has 0 saturated carbocycles. The van der Waals surface area contributed by atoms with Crippen molar-refractivity contribution in [1.29, 1.82) is 5.41 Å². The van der Waals surface area contributed by atoms with E-state index >= 15 is 0 Å². The highest BCUT2D eigenvalue weighted by molar-refractivity contribution is 6.48. The van der Waals surface area contributed by atoms with E-state index in [1.807, 2.05) is 53.0 Å². The Labute approximate surface area is 208 Å². The molecule has 8 rings (SSSR count). The topological polar surface area (TPSA) is 116 Å². The van der Waals surface area contributed by atoms with E-state index in [0.29, 0.717) is 62.6 Å². The van der Waals surface area contributed by atoms with Crippen LogP contribution in [0.25, 0.3) is 45.2 Å². The molecule has 7 aromatic rings. The van der Waals surface area contributed by atoms with E-state index in [1.54, 1.807) is 36.8 Å². The molecule has 0 bridgehead atoms. The molecule has 0 saturated heterocycles. The first-order chi connectivity index (χ1) is 18.2. The zero-order chi connectivity index (χ0) is 24.5. The first-order valence-corrected chi connectivity index (χ1v) is 11.6. The zero-order valence-electron chi connectivity index (χ0n) is 19.1. The van der Waals surface area contributed by atoms with E-state index in [4.69, 9.17) is 32.4 Å². The molecule has 1 aromatic carbocycles. The molecule has 1 aliphatic rings. The van der Waals surface area contributed by atoms with Gasteiger partial charge in [-0.25, -0.2) is 0 Å². The van der Waals surface area contributed by atoms with Crippen LogP contribution in [0.1, 0.15) is 11.4 Å². The molecule has 1 aliphatic heterocycles. The fraction of sp³-hybridized carbons (Fsp3) is 0. The number of furan rings is 4. The number of fused-ring (bicyclic) bond motifs is 3. The minimum absolute atomic E-state index is 0.222. The molecule has 0 unspecified atom stereocenters. The van der Waals surface area contributed by atoms with Gasteiger partial charge in [0.05, 0.1) is 34.9 Å². The van der Waals surface area contributed by atoms with Gasteiger partial charge in [-0.15, -0.1) is 0 Å². The van der Waals surface area contributed by atoms with Crippen LogP contribution in [0.2, 0.25) is 0 Å². The summed E-state index contributed by atoms with van der Waals surface area (Å²) in [7, 11) is -0.823. The Morgan fingerprint density at radius 2 is 1.41 bits per heavy atom. The lowest BCUT2D eigenvalue weighted by molar-refractivity contribution is 0.483. The molecule has 7 heterocycles. The van der Waals surface area contributed by atoms with Gasteiger partial charge < -0.3 is 36.4 Å². The standard InChI is InChI=1S/C27H16BN3O6/c29-27(16-12-23-15(30-16)11-25(34-23)19-7-3-9-32-19)18-14-24-17(13-26(35-24)20-8-4-10-33-20)31(18)28-36-21-5-1-2-6-22(21)37-28/h1-14,29-30H. The number of rotatable bonds is 5. The molecule has 9 nitrogen and oxygen atoms in total. The molecule has 0 aliphatic carbocycles. The second-order valence-corrected chi connectivity index (χ2v) is 8.65. The van der Waals surface area contributed by atoms with Crippen molar-refractivity contribution in [2.75, 3.05) is 0 Å². The van der Waals surface area contributed by atoms with Crippen molar-refractivity contribution >= 4 is 35.2 Å². The number of para-hydroxylation sites is 2. The maximum atomic E-state index is 9.08. The molecule has 37 heavy (non-hydrogen) atoms. The van der Waals surface area contributed by atoms with Crippen molar-refractivity contribution in [3.63, 3.8) is 0 Å². The van der Waals surface area contributed by atoms with Gasteiger partial charge in [0.25, 0.3) is 0 Å². The van der Waals surface area contributed by atoms with E-state index < -0.39 is 7.25 Å². The highest BCUT2D eigenvalue weighted by Gasteiger charge is 2.40.